The van der Waals surface area contributed by atoms with Crippen LogP contribution in [0.5, 0.6) is 0 Å². The summed E-state index contributed by atoms with van der Waals surface area (Å²) in [5, 5.41) is 0. The predicted octanol–water partition coefficient (Wildman–Crippen LogP) is 2.13. The van der Waals surface area contributed by atoms with Crippen LogP contribution in [0.3, 0.4) is 0 Å². The second-order valence-corrected chi connectivity index (χ2v) is 5.27. The summed E-state index contributed by atoms with van der Waals surface area (Å²) in [5.41, 5.74) is 7.36. The molecule has 0 fully saturated rings. The smallest absolute Gasteiger partial charge is 0.406 e. The Morgan fingerprint density at radius 3 is 2.95 bits per heavy atom. The number of primary amides is 1. The number of oxazole rings is 1. The predicted molar refractivity (Wildman–Crippen MR) is 79.8 cm³/mol. The monoisotopic (exact) mass is 291 g/mol. The number of fused-ring (bicyclic) bond motifs is 1. The van der Waals surface area contributed by atoms with E-state index in [0.29, 0.717) is 11.2 Å². The van der Waals surface area contributed by atoms with Gasteiger partial charge >= 0.3 is 5.76 Å². The van der Waals surface area contributed by atoms with Crippen LogP contribution in [-0.4, -0.2) is 15.9 Å². The lowest BCUT2D eigenvalue weighted by Gasteiger charge is -2.09. The number of rotatable bonds is 8. The van der Waals surface area contributed by atoms with Crippen LogP contribution in [0.15, 0.2) is 21.5 Å². The van der Waals surface area contributed by atoms with Crippen molar-refractivity contribution in [2.24, 2.45) is 11.7 Å². The molecule has 2 rings (SSSR count). The molecule has 6 heteroatoms. The third-order valence-electron chi connectivity index (χ3n) is 3.80. The number of H-pyrrole nitrogens is 1. The summed E-state index contributed by atoms with van der Waals surface area (Å²) < 4.78 is 5.11. The minimum Gasteiger partial charge on any atom is -0.406 e. The Balaban J connectivity index is 1.83. The molecule has 6 nitrogen and oxygen atoms in total. The molecule has 0 spiro atoms. The molecule has 0 saturated carbocycles. The van der Waals surface area contributed by atoms with E-state index in [9.17, 15) is 9.59 Å². The fourth-order valence-electron chi connectivity index (χ4n) is 2.53. The minimum atomic E-state index is -0.475. The van der Waals surface area contributed by atoms with E-state index in [1.165, 1.54) is 0 Å². The van der Waals surface area contributed by atoms with Gasteiger partial charge in [-0.2, -0.15) is 0 Å². The molecular weight excluding hydrogens is 270 g/mol. The molecule has 2 aromatic heterocycles. The number of pyridine rings is 1. The third-order valence-corrected chi connectivity index (χ3v) is 3.80. The summed E-state index contributed by atoms with van der Waals surface area (Å²) in [6.45, 7) is 1.98. The van der Waals surface area contributed by atoms with E-state index in [-0.39, 0.29) is 11.8 Å². The molecule has 0 aromatic carbocycles. The van der Waals surface area contributed by atoms with Crippen LogP contribution in [0.4, 0.5) is 0 Å². The van der Waals surface area contributed by atoms with E-state index < -0.39 is 5.76 Å². The van der Waals surface area contributed by atoms with Gasteiger partial charge in [0.1, 0.15) is 0 Å². The largest absolute Gasteiger partial charge is 0.418 e. The normalized spacial score (nSPS) is 12.6. The number of nitrogens with zero attached hydrogens (tertiary/aromatic N) is 1. The van der Waals surface area contributed by atoms with E-state index in [2.05, 4.69) is 9.97 Å². The lowest BCUT2D eigenvalue weighted by molar-refractivity contribution is -0.122. The Labute approximate surface area is 122 Å². The fourth-order valence-corrected chi connectivity index (χ4v) is 2.53. The molecule has 1 amide bonds. The van der Waals surface area contributed by atoms with Gasteiger partial charge in [-0.1, -0.05) is 19.8 Å². The highest BCUT2D eigenvalue weighted by atomic mass is 16.4. The summed E-state index contributed by atoms with van der Waals surface area (Å²) in [5.74, 6) is -0.694. The molecule has 1 unspecified atom stereocenters. The molecule has 0 radical (unpaired) electrons. The molecule has 3 N–H and O–H groups in total. The lowest BCUT2D eigenvalue weighted by atomic mass is 9.97. The van der Waals surface area contributed by atoms with Gasteiger partial charge in [-0.05, 0) is 31.7 Å². The van der Waals surface area contributed by atoms with Crippen LogP contribution in [0.25, 0.3) is 11.2 Å². The van der Waals surface area contributed by atoms with Crippen molar-refractivity contribution in [2.45, 2.75) is 45.4 Å². The zero-order valence-corrected chi connectivity index (χ0v) is 12.2. The maximum atomic E-state index is 11.2. The van der Waals surface area contributed by atoms with Crippen molar-refractivity contribution in [3.63, 3.8) is 0 Å². The van der Waals surface area contributed by atoms with Crippen molar-refractivity contribution in [3.05, 3.63) is 28.4 Å². The average Bonchev–Trinajstić information content (AvgIpc) is 2.83. The Kier molecular flexibility index (Phi) is 5.14. The zero-order chi connectivity index (χ0) is 15.2. The van der Waals surface area contributed by atoms with Gasteiger partial charge < -0.3 is 10.2 Å². The summed E-state index contributed by atoms with van der Waals surface area (Å²) in [6.07, 6.45) is 7.11. The summed E-state index contributed by atoms with van der Waals surface area (Å²) in [6, 6.07) is 1.87. The van der Waals surface area contributed by atoms with Crippen LogP contribution in [0, 0.1) is 5.92 Å². The topological polar surface area (TPSA) is 102 Å². The van der Waals surface area contributed by atoms with Gasteiger partial charge in [-0.25, -0.2) is 9.78 Å². The molecule has 114 valence electrons. The minimum absolute atomic E-state index is 0.0136. The molecule has 21 heavy (non-hydrogen) atoms. The van der Waals surface area contributed by atoms with Crippen LogP contribution in [-0.2, 0) is 11.2 Å². The van der Waals surface area contributed by atoms with Gasteiger partial charge in [0.05, 0.1) is 0 Å². The number of carbonyl (C=O) groups excluding carboxylic acids is 1. The Bertz CT molecular complexity index is 659. The molecule has 0 bridgehead atoms. The number of nitrogens with one attached hydrogen (secondary N) is 1. The SMILES string of the molecule is CCC(CCCCCc1ccnc2[nH]c(=O)oc12)C(N)=O. The van der Waals surface area contributed by atoms with Crippen molar-refractivity contribution < 1.29 is 9.21 Å². The van der Waals surface area contributed by atoms with Crippen LogP contribution >= 0.6 is 0 Å². The average molecular weight is 291 g/mol. The van der Waals surface area contributed by atoms with Crippen molar-refractivity contribution in [1.29, 1.82) is 0 Å². The number of carbonyl (C=O) groups is 1. The van der Waals surface area contributed by atoms with E-state index in [1.54, 1.807) is 6.20 Å². The first-order valence-corrected chi connectivity index (χ1v) is 7.37. The van der Waals surface area contributed by atoms with E-state index in [4.69, 9.17) is 10.2 Å². The molecule has 0 saturated heterocycles. The number of aromatic nitrogens is 2. The highest BCUT2D eigenvalue weighted by Gasteiger charge is 2.12. The Hall–Kier alpha value is -2.11. The highest BCUT2D eigenvalue weighted by Crippen LogP contribution is 2.18. The number of nitrogens with two attached hydrogens (primary N) is 1. The highest BCUT2D eigenvalue weighted by molar-refractivity contribution is 5.76. The summed E-state index contributed by atoms with van der Waals surface area (Å²) >= 11 is 0. The standard InChI is InChI=1S/C15H21N3O3/c1-2-10(13(16)19)6-4-3-5-7-11-8-9-17-14-12(11)21-15(20)18-14/h8-10H,2-7H2,1H3,(H2,16,19)(H,17,18,20). The molecular formula is C15H21N3O3. The van der Waals surface area contributed by atoms with Crippen molar-refractivity contribution in [1.82, 2.24) is 9.97 Å². The molecule has 2 heterocycles. The molecule has 0 aliphatic heterocycles. The van der Waals surface area contributed by atoms with Crippen molar-refractivity contribution >= 4 is 17.1 Å². The first-order valence-electron chi connectivity index (χ1n) is 7.37. The van der Waals surface area contributed by atoms with E-state index in [1.807, 2.05) is 13.0 Å². The molecule has 0 aliphatic rings. The second-order valence-electron chi connectivity index (χ2n) is 5.27. The molecule has 0 aliphatic carbocycles. The first kappa shape index (κ1) is 15.3. The summed E-state index contributed by atoms with van der Waals surface area (Å²) in [4.78, 5) is 28.9. The number of aromatic amines is 1. The zero-order valence-electron chi connectivity index (χ0n) is 12.2. The number of unbranched alkanes of at least 4 members (excludes halogenated alkanes) is 2. The fraction of sp³-hybridized carbons (Fsp3) is 0.533. The van der Waals surface area contributed by atoms with Gasteiger partial charge in [0, 0.05) is 17.7 Å². The van der Waals surface area contributed by atoms with Crippen LogP contribution < -0.4 is 11.5 Å². The third kappa shape index (κ3) is 3.93. The van der Waals surface area contributed by atoms with E-state index >= 15 is 0 Å². The number of hydrogen-bond acceptors (Lipinski definition) is 4. The number of amides is 1. The van der Waals surface area contributed by atoms with Crippen LogP contribution in [0.2, 0.25) is 0 Å². The molecule has 1 atom stereocenters. The maximum absolute atomic E-state index is 11.2. The molecule has 2 aromatic rings. The number of aryl methyl sites for hydroxylation is 1. The van der Waals surface area contributed by atoms with Crippen molar-refractivity contribution in [3.8, 4) is 0 Å². The maximum Gasteiger partial charge on any atom is 0.418 e. The van der Waals surface area contributed by atoms with Gasteiger partial charge in [0.2, 0.25) is 5.91 Å². The Morgan fingerprint density at radius 2 is 2.24 bits per heavy atom. The van der Waals surface area contributed by atoms with Gasteiger partial charge in [0.25, 0.3) is 0 Å². The first-order chi connectivity index (χ1) is 10.1. The Morgan fingerprint density at radius 1 is 1.43 bits per heavy atom. The summed E-state index contributed by atoms with van der Waals surface area (Å²) in [7, 11) is 0. The second kappa shape index (κ2) is 7.06. The quantitative estimate of drug-likeness (QED) is 0.727. The van der Waals surface area contributed by atoms with Gasteiger partial charge in [0.15, 0.2) is 11.2 Å². The number of hydrogen-bond donors (Lipinski definition) is 2. The van der Waals surface area contributed by atoms with E-state index in [0.717, 1.165) is 44.1 Å². The van der Waals surface area contributed by atoms with Crippen molar-refractivity contribution in [2.75, 3.05) is 0 Å². The van der Waals surface area contributed by atoms with Crippen LogP contribution in [0.1, 0.15) is 44.6 Å². The lowest BCUT2D eigenvalue weighted by Crippen LogP contribution is -2.22. The van der Waals surface area contributed by atoms with Gasteiger partial charge in [-0.3, -0.25) is 9.78 Å². The van der Waals surface area contributed by atoms with Gasteiger partial charge in [-0.15, -0.1) is 0 Å².